The SMILES string of the molecule is CCNC(=NCc1ccccc1COC)Nc1ccc(OCC)c(OC)c1.I. The average molecular weight is 499 g/mol. The average Bonchev–Trinajstić information content (AvgIpc) is 2.69. The van der Waals surface area contributed by atoms with Gasteiger partial charge in [0.25, 0.3) is 0 Å². The van der Waals surface area contributed by atoms with Gasteiger partial charge < -0.3 is 24.8 Å². The first kappa shape index (κ1) is 24.0. The van der Waals surface area contributed by atoms with Gasteiger partial charge in [-0.25, -0.2) is 4.99 Å². The van der Waals surface area contributed by atoms with Crippen LogP contribution in [0.5, 0.6) is 11.5 Å². The van der Waals surface area contributed by atoms with Crippen molar-refractivity contribution in [2.24, 2.45) is 4.99 Å². The van der Waals surface area contributed by atoms with E-state index in [-0.39, 0.29) is 24.0 Å². The lowest BCUT2D eigenvalue weighted by Crippen LogP contribution is -2.30. The van der Waals surface area contributed by atoms with Crippen molar-refractivity contribution in [1.82, 2.24) is 5.32 Å². The van der Waals surface area contributed by atoms with Crippen LogP contribution in [0.2, 0.25) is 0 Å². The van der Waals surface area contributed by atoms with Gasteiger partial charge in [0.05, 0.1) is 26.9 Å². The van der Waals surface area contributed by atoms with Crippen LogP contribution >= 0.6 is 24.0 Å². The highest BCUT2D eigenvalue weighted by atomic mass is 127. The Morgan fingerprint density at radius 3 is 2.39 bits per heavy atom. The Kier molecular flexibility index (Phi) is 11.4. The zero-order valence-corrected chi connectivity index (χ0v) is 19.3. The minimum atomic E-state index is 0. The molecule has 0 aliphatic rings. The van der Waals surface area contributed by atoms with Crippen LogP contribution in [0, 0.1) is 0 Å². The number of nitrogens with zero attached hydrogens (tertiary/aromatic N) is 1. The molecule has 154 valence electrons. The summed E-state index contributed by atoms with van der Waals surface area (Å²) < 4.78 is 16.2. The van der Waals surface area contributed by atoms with Crippen molar-refractivity contribution < 1.29 is 14.2 Å². The normalized spacial score (nSPS) is 10.8. The molecule has 7 heteroatoms. The van der Waals surface area contributed by atoms with Crippen LogP contribution in [0.4, 0.5) is 5.69 Å². The topological polar surface area (TPSA) is 64.1 Å². The summed E-state index contributed by atoms with van der Waals surface area (Å²) in [4.78, 5) is 4.70. The number of ether oxygens (including phenoxy) is 3. The Bertz CT molecular complexity index is 753. The van der Waals surface area contributed by atoms with E-state index < -0.39 is 0 Å². The van der Waals surface area contributed by atoms with Gasteiger partial charge in [0.15, 0.2) is 17.5 Å². The summed E-state index contributed by atoms with van der Waals surface area (Å²) in [6, 6.07) is 13.9. The number of halogens is 1. The Labute approximate surface area is 184 Å². The molecule has 0 bridgehead atoms. The van der Waals surface area contributed by atoms with Gasteiger partial charge in [-0.05, 0) is 37.1 Å². The zero-order chi connectivity index (χ0) is 19.5. The maximum absolute atomic E-state index is 5.57. The number of anilines is 1. The van der Waals surface area contributed by atoms with E-state index in [1.54, 1.807) is 14.2 Å². The van der Waals surface area contributed by atoms with Gasteiger partial charge in [-0.15, -0.1) is 24.0 Å². The summed E-state index contributed by atoms with van der Waals surface area (Å²) >= 11 is 0. The lowest BCUT2D eigenvalue weighted by atomic mass is 10.1. The molecule has 0 amide bonds. The first-order valence-electron chi connectivity index (χ1n) is 9.13. The molecule has 0 fully saturated rings. The first-order valence-corrected chi connectivity index (χ1v) is 9.13. The second-order valence-electron chi connectivity index (χ2n) is 5.82. The molecule has 28 heavy (non-hydrogen) atoms. The van der Waals surface area contributed by atoms with E-state index >= 15 is 0 Å². The standard InChI is InChI=1S/C21H29N3O3.HI/c1-5-22-21(23-14-16-9-7-8-10-17(16)15-25-3)24-18-11-12-19(27-6-2)20(13-18)26-4;/h7-13H,5-6,14-15H2,1-4H3,(H2,22,23,24);1H. The van der Waals surface area contributed by atoms with Crippen molar-refractivity contribution in [2.45, 2.75) is 27.0 Å². The second kappa shape index (κ2) is 13.2. The highest BCUT2D eigenvalue weighted by Crippen LogP contribution is 2.30. The molecule has 0 aliphatic heterocycles. The monoisotopic (exact) mass is 499 g/mol. The van der Waals surface area contributed by atoms with Gasteiger partial charge in [0, 0.05) is 25.4 Å². The van der Waals surface area contributed by atoms with Gasteiger partial charge in [-0.1, -0.05) is 24.3 Å². The molecular formula is C21H30IN3O3. The Morgan fingerprint density at radius 2 is 1.75 bits per heavy atom. The molecule has 0 radical (unpaired) electrons. The first-order chi connectivity index (χ1) is 13.2. The summed E-state index contributed by atoms with van der Waals surface area (Å²) in [7, 11) is 3.33. The van der Waals surface area contributed by atoms with E-state index in [1.165, 1.54) is 0 Å². The minimum Gasteiger partial charge on any atom is -0.493 e. The number of nitrogens with one attached hydrogen (secondary N) is 2. The Morgan fingerprint density at radius 1 is 1.00 bits per heavy atom. The zero-order valence-electron chi connectivity index (χ0n) is 17.0. The third-order valence-corrected chi connectivity index (χ3v) is 3.90. The highest BCUT2D eigenvalue weighted by molar-refractivity contribution is 14.0. The predicted molar refractivity (Wildman–Crippen MR) is 125 cm³/mol. The lowest BCUT2D eigenvalue weighted by Gasteiger charge is -2.15. The fraction of sp³-hybridized carbons (Fsp3) is 0.381. The van der Waals surface area contributed by atoms with Gasteiger partial charge >= 0.3 is 0 Å². The molecule has 2 N–H and O–H groups in total. The maximum Gasteiger partial charge on any atom is 0.196 e. The Hall–Kier alpha value is -2.00. The Balaban J connectivity index is 0.00000392. The third-order valence-electron chi connectivity index (χ3n) is 3.90. The highest BCUT2D eigenvalue weighted by Gasteiger charge is 2.07. The number of aliphatic imine (C=N–C) groups is 1. The molecule has 6 nitrogen and oxygen atoms in total. The summed E-state index contributed by atoms with van der Waals surface area (Å²) in [5.74, 6) is 2.11. The number of benzene rings is 2. The third kappa shape index (κ3) is 7.20. The predicted octanol–water partition coefficient (Wildman–Crippen LogP) is 4.44. The smallest absolute Gasteiger partial charge is 0.196 e. The molecule has 0 aliphatic carbocycles. The molecule has 0 saturated carbocycles. The number of hydrogen-bond donors (Lipinski definition) is 2. The van der Waals surface area contributed by atoms with Crippen molar-refractivity contribution in [3.05, 3.63) is 53.6 Å². The summed E-state index contributed by atoms with van der Waals surface area (Å²) in [6.07, 6.45) is 0. The molecule has 0 aromatic heterocycles. The van der Waals surface area contributed by atoms with Gasteiger partial charge in [-0.2, -0.15) is 0 Å². The molecule has 2 aromatic carbocycles. The van der Waals surface area contributed by atoms with E-state index in [0.717, 1.165) is 29.1 Å². The quantitative estimate of drug-likeness (QED) is 0.304. The molecule has 2 aromatic rings. The number of rotatable bonds is 9. The van der Waals surface area contributed by atoms with Crippen molar-refractivity contribution in [1.29, 1.82) is 0 Å². The van der Waals surface area contributed by atoms with Crippen LogP contribution in [0.15, 0.2) is 47.5 Å². The number of hydrogen-bond acceptors (Lipinski definition) is 4. The molecular weight excluding hydrogens is 469 g/mol. The minimum absolute atomic E-state index is 0. The van der Waals surface area contributed by atoms with E-state index in [2.05, 4.69) is 22.8 Å². The largest absolute Gasteiger partial charge is 0.493 e. The van der Waals surface area contributed by atoms with Crippen molar-refractivity contribution in [2.75, 3.05) is 32.7 Å². The van der Waals surface area contributed by atoms with Crippen molar-refractivity contribution in [3.63, 3.8) is 0 Å². The van der Waals surface area contributed by atoms with Crippen molar-refractivity contribution >= 4 is 35.6 Å². The summed E-state index contributed by atoms with van der Waals surface area (Å²) in [5, 5.41) is 6.58. The van der Waals surface area contributed by atoms with Gasteiger partial charge in [0.1, 0.15) is 0 Å². The van der Waals surface area contributed by atoms with E-state index in [1.807, 2.05) is 44.2 Å². The van der Waals surface area contributed by atoms with E-state index in [4.69, 9.17) is 19.2 Å². The maximum atomic E-state index is 5.57. The lowest BCUT2D eigenvalue weighted by molar-refractivity contribution is 0.184. The van der Waals surface area contributed by atoms with Crippen LogP contribution in [-0.2, 0) is 17.9 Å². The molecule has 0 saturated heterocycles. The molecule has 0 heterocycles. The van der Waals surface area contributed by atoms with Crippen molar-refractivity contribution in [3.8, 4) is 11.5 Å². The molecule has 0 atom stereocenters. The molecule has 0 spiro atoms. The fourth-order valence-corrected chi connectivity index (χ4v) is 2.64. The van der Waals surface area contributed by atoms with Gasteiger partial charge in [-0.3, -0.25) is 0 Å². The summed E-state index contributed by atoms with van der Waals surface area (Å²) in [6.45, 7) is 6.47. The van der Waals surface area contributed by atoms with Crippen LogP contribution < -0.4 is 20.1 Å². The van der Waals surface area contributed by atoms with E-state index in [9.17, 15) is 0 Å². The van der Waals surface area contributed by atoms with Crippen LogP contribution in [0.25, 0.3) is 0 Å². The number of methoxy groups -OCH3 is 2. The fourth-order valence-electron chi connectivity index (χ4n) is 2.64. The van der Waals surface area contributed by atoms with E-state index in [0.29, 0.717) is 31.5 Å². The summed E-state index contributed by atoms with van der Waals surface area (Å²) in [5.41, 5.74) is 3.16. The molecule has 0 unspecified atom stereocenters. The van der Waals surface area contributed by atoms with Crippen LogP contribution in [0.1, 0.15) is 25.0 Å². The van der Waals surface area contributed by atoms with Crippen LogP contribution in [-0.4, -0.2) is 33.3 Å². The molecule has 2 rings (SSSR count). The van der Waals surface area contributed by atoms with Gasteiger partial charge in [0.2, 0.25) is 0 Å². The second-order valence-corrected chi connectivity index (χ2v) is 5.82. The number of guanidine groups is 1. The van der Waals surface area contributed by atoms with Crippen LogP contribution in [0.3, 0.4) is 0 Å².